The average Bonchev–Trinajstić information content (AvgIpc) is 3.26. The number of thioether (sulfide) groups is 2. The highest BCUT2D eigenvalue weighted by Crippen LogP contribution is 2.31. The Morgan fingerprint density at radius 3 is 2.54 bits per heavy atom. The molecule has 10 heteroatoms. The fraction of sp³-hybridized carbons (Fsp3) is 0.160. The summed E-state index contributed by atoms with van der Waals surface area (Å²) in [4.78, 5) is 13.7. The van der Waals surface area contributed by atoms with Crippen LogP contribution < -0.4 is 10.6 Å². The Balaban J connectivity index is 1.54. The van der Waals surface area contributed by atoms with Gasteiger partial charge in [0, 0.05) is 21.4 Å². The molecule has 4 aromatic rings. The van der Waals surface area contributed by atoms with Gasteiger partial charge >= 0.3 is 6.03 Å². The minimum absolute atomic E-state index is 0.148. The molecular weight excluding hydrogens is 521 g/mol. The summed E-state index contributed by atoms with van der Waals surface area (Å²) in [6.45, 7) is 2.23. The van der Waals surface area contributed by atoms with Crippen molar-refractivity contribution in [3.8, 4) is 5.69 Å². The Kier molecular flexibility index (Phi) is 8.62. The number of halogens is 2. The number of anilines is 1. The summed E-state index contributed by atoms with van der Waals surface area (Å²) in [5.41, 5.74) is 3.77. The van der Waals surface area contributed by atoms with Gasteiger partial charge in [0.05, 0.1) is 17.3 Å². The number of amides is 2. The molecule has 6 nitrogen and oxygen atoms in total. The van der Waals surface area contributed by atoms with Gasteiger partial charge in [-0.25, -0.2) is 4.79 Å². The monoisotopic (exact) mass is 543 g/mol. The first-order valence-electron chi connectivity index (χ1n) is 10.7. The molecule has 0 unspecified atom stereocenters. The molecule has 180 valence electrons. The molecule has 4 rings (SSSR count). The molecule has 1 heterocycles. The molecule has 0 radical (unpaired) electrons. The normalized spacial score (nSPS) is 10.9. The largest absolute Gasteiger partial charge is 0.331 e. The molecular formula is C25H23Cl2N5OS2. The van der Waals surface area contributed by atoms with Crippen molar-refractivity contribution in [3.05, 3.63) is 93.7 Å². The van der Waals surface area contributed by atoms with Gasteiger partial charge in [0.15, 0.2) is 11.0 Å². The van der Waals surface area contributed by atoms with Crippen molar-refractivity contribution in [1.82, 2.24) is 20.1 Å². The second-order valence-electron chi connectivity index (χ2n) is 7.58. The summed E-state index contributed by atoms with van der Waals surface area (Å²) in [6.07, 6.45) is 2.00. The van der Waals surface area contributed by atoms with Crippen LogP contribution in [0.2, 0.25) is 10.0 Å². The molecule has 35 heavy (non-hydrogen) atoms. The Labute approximate surface area is 222 Å². The maximum atomic E-state index is 12.5. The van der Waals surface area contributed by atoms with E-state index in [0.717, 1.165) is 4.90 Å². The maximum absolute atomic E-state index is 12.5. The summed E-state index contributed by atoms with van der Waals surface area (Å²) >= 11 is 16.0. The number of aryl methyl sites for hydroxylation is 1. The number of rotatable bonds is 8. The number of hydrogen-bond donors (Lipinski definition) is 2. The third-order valence-electron chi connectivity index (χ3n) is 5.22. The number of nitrogens with one attached hydrogen (secondary N) is 2. The van der Waals surface area contributed by atoms with Crippen molar-refractivity contribution in [2.24, 2.45) is 0 Å². The lowest BCUT2D eigenvalue weighted by Crippen LogP contribution is -2.29. The second-order valence-corrected chi connectivity index (χ2v) is 10.2. The average molecular weight is 545 g/mol. The van der Waals surface area contributed by atoms with Gasteiger partial charge in [0.2, 0.25) is 0 Å². The van der Waals surface area contributed by atoms with Crippen LogP contribution in [0.5, 0.6) is 0 Å². The van der Waals surface area contributed by atoms with Crippen LogP contribution >= 0.6 is 46.7 Å². The fourth-order valence-electron chi connectivity index (χ4n) is 3.33. The topological polar surface area (TPSA) is 71.8 Å². The lowest BCUT2D eigenvalue weighted by molar-refractivity contribution is 0.251. The van der Waals surface area contributed by atoms with Crippen LogP contribution in [-0.2, 0) is 12.3 Å². The molecule has 0 saturated carbocycles. The lowest BCUT2D eigenvalue weighted by Gasteiger charge is -2.13. The summed E-state index contributed by atoms with van der Waals surface area (Å²) in [5.74, 6) is 1.25. The molecule has 2 N–H and O–H groups in total. The van der Waals surface area contributed by atoms with Gasteiger partial charge in [0.25, 0.3) is 0 Å². The third kappa shape index (κ3) is 6.52. The number of carbonyl (C=O) groups is 1. The van der Waals surface area contributed by atoms with Gasteiger partial charge in [-0.05, 0) is 66.8 Å². The first kappa shape index (κ1) is 25.4. The number of urea groups is 1. The zero-order chi connectivity index (χ0) is 24.8. The van der Waals surface area contributed by atoms with E-state index in [1.807, 2.05) is 47.2 Å². The van der Waals surface area contributed by atoms with Crippen LogP contribution in [-0.4, -0.2) is 27.1 Å². The Hall–Kier alpha value is -2.65. The molecule has 0 fully saturated rings. The Bertz CT molecular complexity index is 1330. The predicted octanol–water partition coefficient (Wildman–Crippen LogP) is 7.22. The zero-order valence-electron chi connectivity index (χ0n) is 19.1. The number of hydrogen-bond acceptors (Lipinski definition) is 5. The number of benzene rings is 3. The molecule has 0 aliphatic rings. The molecule has 0 atom stereocenters. The Morgan fingerprint density at radius 2 is 1.80 bits per heavy atom. The quantitative estimate of drug-likeness (QED) is 0.229. The molecule has 0 aliphatic heterocycles. The molecule has 0 aliphatic carbocycles. The minimum atomic E-state index is -0.345. The SMILES string of the molecule is CSc1ccc(NC(=O)NCc2nnc(SCc3ccccc3C)n2-c2cc(Cl)ccc2Cl)cc1. The van der Waals surface area contributed by atoms with Gasteiger partial charge in [-0.1, -0.05) is 59.2 Å². The van der Waals surface area contributed by atoms with E-state index in [2.05, 4.69) is 39.9 Å². The summed E-state index contributed by atoms with van der Waals surface area (Å²) in [5, 5.41) is 16.1. The summed E-state index contributed by atoms with van der Waals surface area (Å²) in [7, 11) is 0. The van der Waals surface area contributed by atoms with Crippen molar-refractivity contribution in [2.75, 3.05) is 11.6 Å². The van der Waals surface area contributed by atoms with E-state index in [-0.39, 0.29) is 12.6 Å². The van der Waals surface area contributed by atoms with E-state index in [9.17, 15) is 4.79 Å². The number of carbonyl (C=O) groups excluding carboxylic acids is 1. The first-order valence-corrected chi connectivity index (χ1v) is 13.7. The van der Waals surface area contributed by atoms with Gasteiger partial charge in [-0.15, -0.1) is 22.0 Å². The van der Waals surface area contributed by atoms with Crippen molar-refractivity contribution < 1.29 is 4.79 Å². The van der Waals surface area contributed by atoms with Crippen LogP contribution in [0.4, 0.5) is 10.5 Å². The fourth-order valence-corrected chi connectivity index (χ4v) is 5.15. The lowest BCUT2D eigenvalue weighted by atomic mass is 10.1. The number of aromatic nitrogens is 3. The standard InChI is InChI=1S/C25H23Cl2N5OS2/c1-16-5-3-4-6-17(16)15-35-25-31-30-23(32(25)22-13-18(26)7-12-21(22)27)14-28-24(33)29-19-8-10-20(34-2)11-9-19/h3-13H,14-15H2,1-2H3,(H2,28,29,33). The number of nitrogens with zero attached hydrogens (tertiary/aromatic N) is 3. The zero-order valence-corrected chi connectivity index (χ0v) is 22.2. The smallest absolute Gasteiger partial charge is 0.319 e. The van der Waals surface area contributed by atoms with Gasteiger partial charge in [-0.2, -0.15) is 0 Å². The van der Waals surface area contributed by atoms with Crippen LogP contribution in [0.25, 0.3) is 5.69 Å². The third-order valence-corrected chi connectivity index (χ3v) is 7.50. The van der Waals surface area contributed by atoms with Gasteiger partial charge in [0.1, 0.15) is 0 Å². The van der Waals surface area contributed by atoms with Crippen LogP contribution in [0.3, 0.4) is 0 Å². The van der Waals surface area contributed by atoms with Crippen molar-refractivity contribution >= 4 is 58.4 Å². The molecule has 2 amide bonds. The molecule has 1 aromatic heterocycles. The van der Waals surface area contributed by atoms with E-state index < -0.39 is 0 Å². The maximum Gasteiger partial charge on any atom is 0.319 e. The van der Waals surface area contributed by atoms with Crippen molar-refractivity contribution in [1.29, 1.82) is 0 Å². The van der Waals surface area contributed by atoms with Gasteiger partial charge in [-0.3, -0.25) is 4.57 Å². The van der Waals surface area contributed by atoms with E-state index >= 15 is 0 Å². The highest BCUT2D eigenvalue weighted by atomic mass is 35.5. The molecule has 0 saturated heterocycles. The van der Waals surface area contributed by atoms with Crippen molar-refractivity contribution in [3.63, 3.8) is 0 Å². The van der Waals surface area contributed by atoms with Crippen LogP contribution in [0.15, 0.2) is 76.8 Å². The van der Waals surface area contributed by atoms with Crippen LogP contribution in [0.1, 0.15) is 17.0 Å². The minimum Gasteiger partial charge on any atom is -0.331 e. The summed E-state index contributed by atoms with van der Waals surface area (Å²) in [6, 6.07) is 20.7. The highest BCUT2D eigenvalue weighted by Gasteiger charge is 2.18. The van der Waals surface area contributed by atoms with Crippen molar-refractivity contribution in [2.45, 2.75) is 29.3 Å². The first-order chi connectivity index (χ1) is 16.9. The summed E-state index contributed by atoms with van der Waals surface area (Å²) < 4.78 is 1.84. The second kappa shape index (κ2) is 11.9. The molecule has 3 aromatic carbocycles. The predicted molar refractivity (Wildman–Crippen MR) is 146 cm³/mol. The van der Waals surface area contributed by atoms with E-state index in [1.54, 1.807) is 41.7 Å². The van der Waals surface area contributed by atoms with Crippen LogP contribution in [0, 0.1) is 6.92 Å². The highest BCUT2D eigenvalue weighted by molar-refractivity contribution is 7.98. The van der Waals surface area contributed by atoms with Gasteiger partial charge < -0.3 is 10.6 Å². The molecule has 0 bridgehead atoms. The van der Waals surface area contributed by atoms with E-state index in [0.29, 0.717) is 38.2 Å². The Morgan fingerprint density at radius 1 is 1.03 bits per heavy atom. The van der Waals surface area contributed by atoms with E-state index in [4.69, 9.17) is 23.2 Å². The molecule has 0 spiro atoms. The van der Waals surface area contributed by atoms with E-state index in [1.165, 1.54) is 11.1 Å².